The summed E-state index contributed by atoms with van der Waals surface area (Å²) in [5.41, 5.74) is 2.42. The van der Waals surface area contributed by atoms with Crippen molar-refractivity contribution in [1.29, 1.82) is 0 Å². The highest BCUT2D eigenvalue weighted by molar-refractivity contribution is 8.01. The van der Waals surface area contributed by atoms with Crippen LogP contribution in [0.3, 0.4) is 0 Å². The third-order valence-corrected chi connectivity index (χ3v) is 5.74. The SMILES string of the molecule is CCc1ccccc1Nc1nnc(SCCN2CCOCC2)s1. The Morgan fingerprint density at radius 1 is 1.26 bits per heavy atom. The van der Waals surface area contributed by atoms with Crippen LogP contribution in [0.25, 0.3) is 0 Å². The van der Waals surface area contributed by atoms with Crippen molar-refractivity contribution in [2.45, 2.75) is 17.7 Å². The van der Waals surface area contributed by atoms with E-state index in [0.29, 0.717) is 0 Å². The fourth-order valence-corrected chi connectivity index (χ4v) is 4.31. The van der Waals surface area contributed by atoms with Gasteiger partial charge in [0.15, 0.2) is 4.34 Å². The highest BCUT2D eigenvalue weighted by atomic mass is 32.2. The van der Waals surface area contributed by atoms with Crippen molar-refractivity contribution >= 4 is 33.9 Å². The van der Waals surface area contributed by atoms with Gasteiger partial charge in [-0.2, -0.15) is 0 Å². The number of nitrogens with zero attached hydrogens (tertiary/aromatic N) is 3. The summed E-state index contributed by atoms with van der Waals surface area (Å²) in [5, 5.41) is 12.8. The maximum absolute atomic E-state index is 5.37. The number of hydrogen-bond acceptors (Lipinski definition) is 7. The lowest BCUT2D eigenvalue weighted by atomic mass is 10.1. The zero-order valence-corrected chi connectivity index (χ0v) is 15.0. The first-order valence-electron chi connectivity index (χ1n) is 7.96. The summed E-state index contributed by atoms with van der Waals surface area (Å²) in [6, 6.07) is 8.34. The molecule has 1 fully saturated rings. The zero-order valence-electron chi connectivity index (χ0n) is 13.3. The van der Waals surface area contributed by atoms with Gasteiger partial charge < -0.3 is 10.1 Å². The van der Waals surface area contributed by atoms with Crippen LogP contribution in [0, 0.1) is 0 Å². The van der Waals surface area contributed by atoms with Crippen LogP contribution >= 0.6 is 23.1 Å². The van der Waals surface area contributed by atoms with Crippen LogP contribution in [0.15, 0.2) is 28.6 Å². The third kappa shape index (κ3) is 4.91. The normalized spacial score (nSPS) is 15.7. The average molecular weight is 351 g/mol. The van der Waals surface area contributed by atoms with Gasteiger partial charge >= 0.3 is 0 Å². The fraction of sp³-hybridized carbons (Fsp3) is 0.500. The molecule has 0 amide bonds. The summed E-state index contributed by atoms with van der Waals surface area (Å²) in [6.45, 7) is 7.03. The van der Waals surface area contributed by atoms with Crippen molar-refractivity contribution in [3.05, 3.63) is 29.8 Å². The monoisotopic (exact) mass is 350 g/mol. The molecule has 1 saturated heterocycles. The molecule has 2 aromatic rings. The molecule has 1 aromatic heterocycles. The molecule has 0 spiro atoms. The van der Waals surface area contributed by atoms with E-state index >= 15 is 0 Å². The first-order chi connectivity index (χ1) is 11.3. The van der Waals surface area contributed by atoms with Gasteiger partial charge in [0.05, 0.1) is 13.2 Å². The van der Waals surface area contributed by atoms with Crippen LogP contribution in [-0.2, 0) is 11.2 Å². The van der Waals surface area contributed by atoms with E-state index in [2.05, 4.69) is 45.5 Å². The first-order valence-corrected chi connectivity index (χ1v) is 9.76. The van der Waals surface area contributed by atoms with Crippen molar-refractivity contribution in [3.63, 3.8) is 0 Å². The molecule has 2 heterocycles. The minimum Gasteiger partial charge on any atom is -0.379 e. The molecule has 124 valence electrons. The van der Waals surface area contributed by atoms with Gasteiger partial charge in [-0.05, 0) is 18.1 Å². The van der Waals surface area contributed by atoms with Crippen molar-refractivity contribution in [2.75, 3.05) is 43.9 Å². The molecule has 23 heavy (non-hydrogen) atoms. The number of thioether (sulfide) groups is 1. The molecule has 1 aromatic carbocycles. The minimum absolute atomic E-state index is 0.856. The van der Waals surface area contributed by atoms with Crippen LogP contribution in [-0.4, -0.2) is 53.7 Å². The number of aryl methyl sites for hydroxylation is 1. The molecule has 0 aliphatic carbocycles. The molecule has 0 unspecified atom stereocenters. The number of morpholine rings is 1. The summed E-state index contributed by atoms with van der Waals surface area (Å²) in [7, 11) is 0. The van der Waals surface area contributed by atoms with E-state index in [1.165, 1.54) is 5.56 Å². The Morgan fingerprint density at radius 2 is 2.09 bits per heavy atom. The van der Waals surface area contributed by atoms with E-state index < -0.39 is 0 Å². The number of ether oxygens (including phenoxy) is 1. The predicted molar refractivity (Wildman–Crippen MR) is 97.0 cm³/mol. The van der Waals surface area contributed by atoms with Gasteiger partial charge in [0.1, 0.15) is 0 Å². The maximum atomic E-state index is 5.37. The smallest absolute Gasteiger partial charge is 0.210 e. The zero-order chi connectivity index (χ0) is 15.9. The molecular formula is C16H22N4OS2. The lowest BCUT2D eigenvalue weighted by Gasteiger charge is -2.25. The second-order valence-corrected chi connectivity index (χ2v) is 7.63. The minimum atomic E-state index is 0.856. The largest absolute Gasteiger partial charge is 0.379 e. The van der Waals surface area contributed by atoms with Gasteiger partial charge in [-0.1, -0.05) is 48.2 Å². The highest BCUT2D eigenvalue weighted by Crippen LogP contribution is 2.28. The number of anilines is 2. The summed E-state index contributed by atoms with van der Waals surface area (Å²) < 4.78 is 6.39. The molecule has 5 nitrogen and oxygen atoms in total. The molecule has 7 heteroatoms. The number of aromatic nitrogens is 2. The number of hydrogen-bond donors (Lipinski definition) is 1. The molecular weight excluding hydrogens is 328 g/mol. The van der Waals surface area contributed by atoms with Crippen LogP contribution in [0.1, 0.15) is 12.5 Å². The predicted octanol–water partition coefficient (Wildman–Crippen LogP) is 3.27. The van der Waals surface area contributed by atoms with Crippen LogP contribution in [0.2, 0.25) is 0 Å². The number of para-hydroxylation sites is 1. The number of benzene rings is 1. The van der Waals surface area contributed by atoms with Crippen molar-refractivity contribution < 1.29 is 4.74 Å². The second kappa shape index (κ2) is 8.63. The Morgan fingerprint density at radius 3 is 2.91 bits per heavy atom. The van der Waals surface area contributed by atoms with Crippen LogP contribution < -0.4 is 5.32 Å². The Labute approximate surface area is 145 Å². The Balaban J connectivity index is 1.49. The van der Waals surface area contributed by atoms with Crippen LogP contribution in [0.5, 0.6) is 0 Å². The molecule has 0 bridgehead atoms. The van der Waals surface area contributed by atoms with Gasteiger partial charge in [0.25, 0.3) is 0 Å². The van der Waals surface area contributed by atoms with E-state index in [9.17, 15) is 0 Å². The molecule has 0 radical (unpaired) electrons. The van der Waals surface area contributed by atoms with Crippen LogP contribution in [0.4, 0.5) is 10.8 Å². The van der Waals surface area contributed by atoms with Gasteiger partial charge in [0, 0.05) is 31.1 Å². The van der Waals surface area contributed by atoms with Gasteiger partial charge in [-0.25, -0.2) is 0 Å². The Hall–Kier alpha value is -1.15. The molecule has 1 N–H and O–H groups in total. The van der Waals surface area contributed by atoms with E-state index in [1.54, 1.807) is 23.1 Å². The summed E-state index contributed by atoms with van der Waals surface area (Å²) >= 11 is 3.40. The maximum Gasteiger partial charge on any atom is 0.210 e. The van der Waals surface area contributed by atoms with E-state index in [4.69, 9.17) is 4.74 Å². The number of rotatable bonds is 7. The van der Waals surface area contributed by atoms with Gasteiger partial charge in [0.2, 0.25) is 5.13 Å². The quantitative estimate of drug-likeness (QED) is 0.774. The molecule has 0 saturated carbocycles. The molecule has 1 aliphatic rings. The van der Waals surface area contributed by atoms with Crippen molar-refractivity contribution in [1.82, 2.24) is 15.1 Å². The highest BCUT2D eigenvalue weighted by Gasteiger charge is 2.11. The molecule has 3 rings (SSSR count). The summed E-state index contributed by atoms with van der Waals surface area (Å²) in [5.74, 6) is 1.04. The van der Waals surface area contributed by atoms with Gasteiger partial charge in [-0.3, -0.25) is 4.90 Å². The standard InChI is InChI=1S/C16H22N4OS2/c1-2-13-5-3-4-6-14(13)17-15-18-19-16(23-15)22-12-9-20-7-10-21-11-8-20/h3-6H,2,7-12H2,1H3,(H,17,18). The molecule has 1 aliphatic heterocycles. The Kier molecular flexibility index (Phi) is 6.27. The second-order valence-electron chi connectivity index (χ2n) is 5.31. The first kappa shape index (κ1) is 16.7. The van der Waals surface area contributed by atoms with E-state index in [0.717, 1.165) is 60.2 Å². The Bertz CT molecular complexity index is 614. The molecule has 0 atom stereocenters. The third-order valence-electron chi connectivity index (χ3n) is 3.78. The van der Waals surface area contributed by atoms with Crippen molar-refractivity contribution in [3.8, 4) is 0 Å². The van der Waals surface area contributed by atoms with Crippen molar-refractivity contribution in [2.24, 2.45) is 0 Å². The lowest BCUT2D eigenvalue weighted by Crippen LogP contribution is -2.37. The lowest BCUT2D eigenvalue weighted by molar-refractivity contribution is 0.0410. The van der Waals surface area contributed by atoms with E-state index in [-0.39, 0.29) is 0 Å². The average Bonchev–Trinajstić information content (AvgIpc) is 3.04. The summed E-state index contributed by atoms with van der Waals surface area (Å²) in [6.07, 6.45) is 1.00. The van der Waals surface area contributed by atoms with Gasteiger partial charge in [-0.15, -0.1) is 10.2 Å². The topological polar surface area (TPSA) is 50.3 Å². The number of nitrogens with one attached hydrogen (secondary N) is 1. The summed E-state index contributed by atoms with van der Waals surface area (Å²) in [4.78, 5) is 2.44. The van der Waals surface area contributed by atoms with E-state index in [1.807, 2.05) is 6.07 Å². The fourth-order valence-electron chi connectivity index (χ4n) is 2.47.